The first kappa shape index (κ1) is 20.0. The van der Waals surface area contributed by atoms with Crippen LogP contribution in [0.25, 0.3) is 0 Å². The van der Waals surface area contributed by atoms with Gasteiger partial charge in [-0.2, -0.15) is 5.10 Å². The first-order chi connectivity index (χ1) is 13.1. The van der Waals surface area contributed by atoms with E-state index in [0.29, 0.717) is 5.92 Å². The smallest absolute Gasteiger partial charge is 0.241 e. The highest BCUT2D eigenvalue weighted by molar-refractivity contribution is 7.09. The van der Waals surface area contributed by atoms with Crippen LogP contribution < -0.4 is 10.6 Å². The summed E-state index contributed by atoms with van der Waals surface area (Å²) in [7, 11) is 3.66. The van der Waals surface area contributed by atoms with Gasteiger partial charge in [0.1, 0.15) is 6.04 Å². The molecule has 2 N–H and O–H groups in total. The molecule has 1 unspecified atom stereocenters. The fourth-order valence-corrected chi connectivity index (χ4v) is 4.28. The quantitative estimate of drug-likeness (QED) is 0.718. The van der Waals surface area contributed by atoms with Crippen molar-refractivity contribution in [2.75, 3.05) is 26.7 Å². The van der Waals surface area contributed by atoms with Crippen LogP contribution >= 0.6 is 11.3 Å². The van der Waals surface area contributed by atoms with Crippen molar-refractivity contribution in [3.05, 3.63) is 34.0 Å². The number of nitrogens with one attached hydrogen (secondary N) is 2. The van der Waals surface area contributed by atoms with Crippen LogP contribution in [-0.4, -0.2) is 52.3 Å². The standard InChI is InChI=1S/C19H30N6OS/c1-4-17-23-16(13-27-17)12-25-7-5-14(6-8-25)9-21-19(26)18(20-2)15-10-22-24(3)11-15/h10-11,13-14,18,20H,4-9,12H2,1-3H3,(H,21,26). The monoisotopic (exact) mass is 390 g/mol. The second kappa shape index (κ2) is 9.43. The Morgan fingerprint density at radius 2 is 2.19 bits per heavy atom. The van der Waals surface area contributed by atoms with Crippen molar-refractivity contribution < 1.29 is 4.79 Å². The normalized spacial score (nSPS) is 17.1. The number of nitrogens with zero attached hydrogens (tertiary/aromatic N) is 4. The molecule has 1 aliphatic rings. The third-order valence-corrected chi connectivity index (χ3v) is 6.21. The highest BCUT2D eigenvalue weighted by Crippen LogP contribution is 2.20. The summed E-state index contributed by atoms with van der Waals surface area (Å²) >= 11 is 1.76. The number of hydrogen-bond donors (Lipinski definition) is 2. The minimum atomic E-state index is -0.351. The Bertz CT molecular complexity index is 734. The maximum Gasteiger partial charge on any atom is 0.241 e. The molecule has 0 spiro atoms. The fraction of sp³-hybridized carbons (Fsp3) is 0.632. The number of likely N-dealkylation sites (tertiary alicyclic amines) is 1. The van der Waals surface area contributed by atoms with E-state index in [4.69, 9.17) is 0 Å². The van der Waals surface area contributed by atoms with Gasteiger partial charge in [-0.1, -0.05) is 6.92 Å². The lowest BCUT2D eigenvalue weighted by molar-refractivity contribution is -0.123. The number of likely N-dealkylation sites (N-methyl/N-ethyl adjacent to an activating group) is 1. The van der Waals surface area contributed by atoms with Gasteiger partial charge in [0.05, 0.1) is 16.9 Å². The number of aryl methyl sites for hydroxylation is 2. The lowest BCUT2D eigenvalue weighted by Gasteiger charge is -2.31. The maximum absolute atomic E-state index is 12.5. The zero-order valence-corrected chi connectivity index (χ0v) is 17.3. The summed E-state index contributed by atoms with van der Waals surface area (Å²) in [5.41, 5.74) is 2.08. The first-order valence-electron chi connectivity index (χ1n) is 9.68. The number of thiazole rings is 1. The van der Waals surface area contributed by atoms with E-state index in [9.17, 15) is 4.79 Å². The number of carbonyl (C=O) groups is 1. The Hall–Kier alpha value is -1.77. The van der Waals surface area contributed by atoms with E-state index in [2.05, 4.69) is 37.9 Å². The van der Waals surface area contributed by atoms with E-state index in [1.807, 2.05) is 13.2 Å². The molecule has 2 aromatic rings. The average Bonchev–Trinajstić information content (AvgIpc) is 3.31. The molecule has 0 saturated carbocycles. The van der Waals surface area contributed by atoms with Gasteiger partial charge in [-0.3, -0.25) is 14.4 Å². The Labute approximate surface area is 165 Å². The number of carbonyl (C=O) groups excluding carboxylic acids is 1. The van der Waals surface area contributed by atoms with Crippen LogP contribution in [-0.2, 0) is 24.8 Å². The molecule has 3 rings (SSSR count). The number of rotatable bonds is 8. The van der Waals surface area contributed by atoms with Gasteiger partial charge in [0.15, 0.2) is 0 Å². The molecule has 1 fully saturated rings. The van der Waals surface area contributed by atoms with Crippen molar-refractivity contribution in [2.45, 2.75) is 38.8 Å². The van der Waals surface area contributed by atoms with E-state index in [0.717, 1.165) is 51.0 Å². The van der Waals surface area contributed by atoms with Gasteiger partial charge in [0.25, 0.3) is 0 Å². The number of amides is 1. The summed E-state index contributed by atoms with van der Waals surface area (Å²) in [5, 5.41) is 13.8. The van der Waals surface area contributed by atoms with Gasteiger partial charge < -0.3 is 10.6 Å². The molecule has 1 aliphatic heterocycles. The van der Waals surface area contributed by atoms with Crippen LogP contribution in [0.1, 0.15) is 42.1 Å². The van der Waals surface area contributed by atoms with Gasteiger partial charge in [0, 0.05) is 37.3 Å². The predicted molar refractivity (Wildman–Crippen MR) is 108 cm³/mol. The summed E-state index contributed by atoms with van der Waals surface area (Å²) in [5.74, 6) is 0.556. The molecule has 0 aliphatic carbocycles. The summed E-state index contributed by atoms with van der Waals surface area (Å²) in [6.45, 7) is 5.96. The van der Waals surface area contributed by atoms with Crippen LogP contribution in [0, 0.1) is 5.92 Å². The second-order valence-electron chi connectivity index (χ2n) is 7.22. The van der Waals surface area contributed by atoms with Gasteiger partial charge in [-0.15, -0.1) is 11.3 Å². The van der Waals surface area contributed by atoms with Crippen LogP contribution in [0.3, 0.4) is 0 Å². The van der Waals surface area contributed by atoms with Crippen molar-refractivity contribution in [1.29, 1.82) is 0 Å². The highest BCUT2D eigenvalue weighted by Gasteiger charge is 2.23. The summed E-state index contributed by atoms with van der Waals surface area (Å²) < 4.78 is 1.72. The minimum Gasteiger partial charge on any atom is -0.354 e. The molecule has 148 valence electrons. The third kappa shape index (κ3) is 5.37. The zero-order valence-electron chi connectivity index (χ0n) is 16.4. The number of hydrogen-bond acceptors (Lipinski definition) is 6. The Balaban J connectivity index is 1.41. The molecule has 3 heterocycles. The van der Waals surface area contributed by atoms with Gasteiger partial charge >= 0.3 is 0 Å². The summed E-state index contributed by atoms with van der Waals surface area (Å²) in [6.07, 6.45) is 6.85. The molecule has 0 aromatic carbocycles. The molecule has 0 radical (unpaired) electrons. The molecule has 1 atom stereocenters. The molecule has 7 nitrogen and oxygen atoms in total. The van der Waals surface area contributed by atoms with Gasteiger partial charge in [-0.25, -0.2) is 4.98 Å². The van der Waals surface area contributed by atoms with E-state index in [1.165, 1.54) is 10.7 Å². The lowest BCUT2D eigenvalue weighted by Crippen LogP contribution is -2.41. The van der Waals surface area contributed by atoms with Crippen molar-refractivity contribution in [3.63, 3.8) is 0 Å². The van der Waals surface area contributed by atoms with Crippen LogP contribution in [0.4, 0.5) is 0 Å². The molecular formula is C19H30N6OS. The lowest BCUT2D eigenvalue weighted by atomic mass is 9.96. The Morgan fingerprint density at radius 3 is 2.78 bits per heavy atom. The number of piperidine rings is 1. The predicted octanol–water partition coefficient (Wildman–Crippen LogP) is 1.73. The molecule has 1 saturated heterocycles. The van der Waals surface area contributed by atoms with Gasteiger partial charge in [0.2, 0.25) is 5.91 Å². The SMILES string of the molecule is CCc1nc(CN2CCC(CNC(=O)C(NC)c3cnn(C)c3)CC2)cs1. The summed E-state index contributed by atoms with van der Waals surface area (Å²) in [4.78, 5) is 19.7. The summed E-state index contributed by atoms with van der Waals surface area (Å²) in [6, 6.07) is -0.351. The van der Waals surface area contributed by atoms with E-state index in [1.54, 1.807) is 29.3 Å². The molecule has 8 heteroatoms. The minimum absolute atomic E-state index is 0.0162. The topological polar surface area (TPSA) is 75.1 Å². The maximum atomic E-state index is 12.5. The first-order valence-corrected chi connectivity index (χ1v) is 10.6. The molecule has 1 amide bonds. The largest absolute Gasteiger partial charge is 0.354 e. The molecule has 0 bridgehead atoms. The highest BCUT2D eigenvalue weighted by atomic mass is 32.1. The van der Waals surface area contributed by atoms with Crippen molar-refractivity contribution >= 4 is 17.2 Å². The van der Waals surface area contributed by atoms with Crippen LogP contribution in [0.15, 0.2) is 17.8 Å². The van der Waals surface area contributed by atoms with Gasteiger partial charge in [-0.05, 0) is 45.3 Å². The van der Waals surface area contributed by atoms with Crippen LogP contribution in [0.2, 0.25) is 0 Å². The average molecular weight is 391 g/mol. The van der Waals surface area contributed by atoms with Crippen molar-refractivity contribution in [2.24, 2.45) is 13.0 Å². The number of aromatic nitrogens is 3. The molecule has 2 aromatic heterocycles. The fourth-order valence-electron chi connectivity index (χ4n) is 3.55. The zero-order chi connectivity index (χ0) is 19.2. The Kier molecular flexibility index (Phi) is 6.98. The molecular weight excluding hydrogens is 360 g/mol. The third-order valence-electron chi connectivity index (χ3n) is 5.17. The van der Waals surface area contributed by atoms with E-state index < -0.39 is 0 Å². The van der Waals surface area contributed by atoms with E-state index in [-0.39, 0.29) is 11.9 Å². The Morgan fingerprint density at radius 1 is 1.41 bits per heavy atom. The van der Waals surface area contributed by atoms with Crippen molar-refractivity contribution in [3.8, 4) is 0 Å². The van der Waals surface area contributed by atoms with Crippen LogP contribution in [0.5, 0.6) is 0 Å². The van der Waals surface area contributed by atoms with E-state index >= 15 is 0 Å². The molecule has 27 heavy (non-hydrogen) atoms. The van der Waals surface area contributed by atoms with Crippen molar-refractivity contribution in [1.82, 2.24) is 30.3 Å². The second-order valence-corrected chi connectivity index (χ2v) is 8.16.